The van der Waals surface area contributed by atoms with Gasteiger partial charge < -0.3 is 10.6 Å². The molecule has 2 heterocycles. The second kappa shape index (κ2) is 7.24. The van der Waals surface area contributed by atoms with Crippen molar-refractivity contribution in [2.24, 2.45) is 15.9 Å². The third-order valence-electron chi connectivity index (χ3n) is 5.26. The number of hydrogen-bond donors (Lipinski definition) is 2. The molecule has 2 aromatic carbocycles. The van der Waals surface area contributed by atoms with Gasteiger partial charge in [-0.3, -0.25) is 4.99 Å². The molecule has 0 bridgehead atoms. The Morgan fingerprint density at radius 1 is 1.22 bits per heavy atom. The molecule has 0 radical (unpaired) electrons. The summed E-state index contributed by atoms with van der Waals surface area (Å²) in [4.78, 5) is 9.35. The molecule has 2 atom stereocenters. The highest BCUT2D eigenvalue weighted by Gasteiger charge is 2.27. The van der Waals surface area contributed by atoms with Crippen molar-refractivity contribution in [1.29, 1.82) is 5.26 Å². The average Bonchev–Trinajstić information content (AvgIpc) is 2.73. The molecule has 2 aliphatic rings. The minimum Gasteiger partial charge on any atom is -0.373 e. The molecule has 2 aliphatic heterocycles. The minimum absolute atomic E-state index is 0.00926. The lowest BCUT2D eigenvalue weighted by atomic mass is 9.93. The molecular weight excluding hydrogens is 334 g/mol. The number of aryl methyl sites for hydroxylation is 1. The maximum atomic E-state index is 9.22. The highest BCUT2D eigenvalue weighted by atomic mass is 15.2. The van der Waals surface area contributed by atoms with E-state index in [1.165, 1.54) is 0 Å². The van der Waals surface area contributed by atoms with Crippen molar-refractivity contribution in [2.75, 3.05) is 18.9 Å². The second-order valence-corrected chi connectivity index (χ2v) is 7.08. The second-order valence-electron chi connectivity index (χ2n) is 7.08. The van der Waals surface area contributed by atoms with Crippen LogP contribution in [0, 0.1) is 24.2 Å². The van der Waals surface area contributed by atoms with Gasteiger partial charge in [0, 0.05) is 37.0 Å². The summed E-state index contributed by atoms with van der Waals surface area (Å²) in [6.07, 6.45) is 4.25. The van der Waals surface area contributed by atoms with E-state index in [0.717, 1.165) is 53.2 Å². The number of nitriles is 1. The molecule has 2 aromatic rings. The maximum absolute atomic E-state index is 9.22. The lowest BCUT2D eigenvalue weighted by Crippen LogP contribution is -2.38. The van der Waals surface area contributed by atoms with Gasteiger partial charge in [0.05, 0.1) is 11.6 Å². The topological polar surface area (TPSA) is 72.6 Å². The van der Waals surface area contributed by atoms with Crippen molar-refractivity contribution in [3.05, 3.63) is 53.1 Å². The molecule has 0 spiro atoms. The fourth-order valence-corrected chi connectivity index (χ4v) is 3.83. The average molecular weight is 357 g/mol. The van der Waals surface area contributed by atoms with E-state index in [-0.39, 0.29) is 6.17 Å². The van der Waals surface area contributed by atoms with Gasteiger partial charge in [-0.1, -0.05) is 12.1 Å². The Balaban J connectivity index is 1.76. The summed E-state index contributed by atoms with van der Waals surface area (Å²) >= 11 is 0. The number of fused-ring (bicyclic) bond motifs is 1. The normalized spacial score (nSPS) is 20.9. The van der Waals surface area contributed by atoms with E-state index in [9.17, 15) is 5.26 Å². The predicted octanol–water partition coefficient (Wildman–Crippen LogP) is 3.73. The van der Waals surface area contributed by atoms with E-state index in [1.807, 2.05) is 25.2 Å². The van der Waals surface area contributed by atoms with Crippen LogP contribution in [0.2, 0.25) is 0 Å². The van der Waals surface area contributed by atoms with Crippen molar-refractivity contribution in [1.82, 2.24) is 5.32 Å². The van der Waals surface area contributed by atoms with Crippen molar-refractivity contribution in [3.63, 3.8) is 0 Å². The summed E-state index contributed by atoms with van der Waals surface area (Å²) < 4.78 is 0. The number of hydrogen-bond acceptors (Lipinski definition) is 5. The molecule has 136 valence electrons. The number of amidine groups is 1. The Bertz CT molecular complexity index is 967. The molecule has 0 amide bonds. The molecule has 0 aliphatic carbocycles. The SMILES string of the molecule is CNC1=NC(C2C=NCCC2)Nc2cc(-c3cccc(C#N)c3)c(C)cc21. The zero-order valence-corrected chi connectivity index (χ0v) is 15.7. The Hall–Kier alpha value is -3.13. The van der Waals surface area contributed by atoms with Crippen LogP contribution in [-0.2, 0) is 0 Å². The molecule has 0 fully saturated rings. The van der Waals surface area contributed by atoms with E-state index in [0.29, 0.717) is 11.5 Å². The Morgan fingerprint density at radius 2 is 2.11 bits per heavy atom. The fourth-order valence-electron chi connectivity index (χ4n) is 3.83. The van der Waals surface area contributed by atoms with Gasteiger partial charge in [0.1, 0.15) is 12.0 Å². The van der Waals surface area contributed by atoms with Gasteiger partial charge in [-0.25, -0.2) is 4.99 Å². The number of aliphatic imine (C=N–C) groups is 2. The van der Waals surface area contributed by atoms with Crippen LogP contribution in [0.15, 0.2) is 46.4 Å². The number of nitrogens with one attached hydrogen (secondary N) is 2. The van der Waals surface area contributed by atoms with Crippen molar-refractivity contribution in [3.8, 4) is 17.2 Å². The number of anilines is 1. The number of benzene rings is 2. The molecule has 5 heteroatoms. The van der Waals surface area contributed by atoms with Crippen LogP contribution in [0.5, 0.6) is 0 Å². The molecule has 27 heavy (non-hydrogen) atoms. The van der Waals surface area contributed by atoms with E-state index < -0.39 is 0 Å². The first-order valence-electron chi connectivity index (χ1n) is 9.37. The van der Waals surface area contributed by atoms with Gasteiger partial charge in [0.25, 0.3) is 0 Å². The van der Waals surface area contributed by atoms with Gasteiger partial charge >= 0.3 is 0 Å². The zero-order chi connectivity index (χ0) is 18.8. The summed E-state index contributed by atoms with van der Waals surface area (Å²) in [5.41, 5.74) is 6.17. The highest BCUT2D eigenvalue weighted by Crippen LogP contribution is 2.34. The monoisotopic (exact) mass is 357 g/mol. The largest absolute Gasteiger partial charge is 0.373 e. The lowest BCUT2D eigenvalue weighted by molar-refractivity contribution is 0.509. The molecule has 0 saturated carbocycles. The van der Waals surface area contributed by atoms with Crippen LogP contribution in [0.4, 0.5) is 5.69 Å². The third-order valence-corrected chi connectivity index (χ3v) is 5.26. The molecule has 0 aromatic heterocycles. The standard InChI is InChI=1S/C22H23N5/c1-14-9-19-20(11-18(14)16-6-3-5-15(10-16)12-23)26-21(27-22(19)24-2)17-7-4-8-25-13-17/h3,5-6,9-11,13,17,21,26H,4,7-8H2,1-2H3,(H,24,27). The summed E-state index contributed by atoms with van der Waals surface area (Å²) in [5.74, 6) is 1.22. The number of rotatable bonds is 2. The summed E-state index contributed by atoms with van der Waals surface area (Å²) in [5, 5.41) is 16.1. The highest BCUT2D eigenvalue weighted by molar-refractivity contribution is 6.06. The quantitative estimate of drug-likeness (QED) is 0.860. The van der Waals surface area contributed by atoms with Crippen LogP contribution < -0.4 is 10.6 Å². The Labute approximate surface area is 159 Å². The van der Waals surface area contributed by atoms with Crippen molar-refractivity contribution in [2.45, 2.75) is 25.9 Å². The van der Waals surface area contributed by atoms with E-state index >= 15 is 0 Å². The van der Waals surface area contributed by atoms with E-state index in [4.69, 9.17) is 4.99 Å². The summed E-state index contributed by atoms with van der Waals surface area (Å²) in [7, 11) is 1.92. The first-order valence-corrected chi connectivity index (χ1v) is 9.37. The van der Waals surface area contributed by atoms with Gasteiger partial charge in [-0.2, -0.15) is 5.26 Å². The molecule has 2 N–H and O–H groups in total. The smallest absolute Gasteiger partial charge is 0.132 e. The fraction of sp³-hybridized carbons (Fsp3) is 0.318. The van der Waals surface area contributed by atoms with Gasteiger partial charge in [-0.05, 0) is 60.7 Å². The van der Waals surface area contributed by atoms with Crippen LogP contribution in [0.1, 0.15) is 29.5 Å². The van der Waals surface area contributed by atoms with Crippen LogP contribution >= 0.6 is 0 Å². The lowest BCUT2D eigenvalue weighted by Gasteiger charge is -2.31. The summed E-state index contributed by atoms with van der Waals surface area (Å²) in [6, 6.07) is 14.3. The van der Waals surface area contributed by atoms with E-state index in [2.05, 4.69) is 53.0 Å². The van der Waals surface area contributed by atoms with Gasteiger partial charge in [-0.15, -0.1) is 0 Å². The Morgan fingerprint density at radius 3 is 2.85 bits per heavy atom. The van der Waals surface area contributed by atoms with Crippen LogP contribution in [0.3, 0.4) is 0 Å². The maximum Gasteiger partial charge on any atom is 0.132 e. The minimum atomic E-state index is -0.00926. The number of nitrogens with zero attached hydrogens (tertiary/aromatic N) is 3. The first kappa shape index (κ1) is 17.3. The van der Waals surface area contributed by atoms with Crippen LogP contribution in [0.25, 0.3) is 11.1 Å². The van der Waals surface area contributed by atoms with E-state index in [1.54, 1.807) is 0 Å². The van der Waals surface area contributed by atoms with Gasteiger partial charge in [0.2, 0.25) is 0 Å². The molecule has 5 nitrogen and oxygen atoms in total. The first-order chi connectivity index (χ1) is 13.2. The zero-order valence-electron chi connectivity index (χ0n) is 15.7. The molecule has 2 unspecified atom stereocenters. The van der Waals surface area contributed by atoms with Crippen molar-refractivity contribution < 1.29 is 0 Å². The molecule has 4 rings (SSSR count). The molecular formula is C22H23N5. The van der Waals surface area contributed by atoms with Crippen LogP contribution in [-0.4, -0.2) is 31.8 Å². The van der Waals surface area contributed by atoms with Gasteiger partial charge in [0.15, 0.2) is 0 Å². The summed E-state index contributed by atoms with van der Waals surface area (Å²) in [6.45, 7) is 3.02. The third kappa shape index (κ3) is 3.31. The predicted molar refractivity (Wildman–Crippen MR) is 110 cm³/mol. The molecule has 0 saturated heterocycles. The Kier molecular flexibility index (Phi) is 4.64. The van der Waals surface area contributed by atoms with Crippen molar-refractivity contribution >= 4 is 17.7 Å².